The molecule has 1 saturated heterocycles. The van der Waals surface area contributed by atoms with Crippen molar-refractivity contribution in [3.63, 3.8) is 0 Å². The Labute approximate surface area is 89.3 Å². The quantitative estimate of drug-likeness (QED) is 0.829. The van der Waals surface area contributed by atoms with Crippen molar-refractivity contribution in [2.45, 2.75) is 31.8 Å². The van der Waals surface area contributed by atoms with Gasteiger partial charge in [0.15, 0.2) is 0 Å². The van der Waals surface area contributed by atoms with Crippen LogP contribution in [0.15, 0.2) is 17.5 Å². The molecule has 1 atom stereocenters. The van der Waals surface area contributed by atoms with Crippen LogP contribution in [0.5, 0.6) is 0 Å². The highest BCUT2D eigenvalue weighted by Crippen LogP contribution is 2.11. The summed E-state index contributed by atoms with van der Waals surface area (Å²) in [4.78, 5) is 1.43. The first kappa shape index (κ1) is 10.1. The molecule has 14 heavy (non-hydrogen) atoms. The van der Waals surface area contributed by atoms with E-state index in [0.717, 1.165) is 26.2 Å². The van der Waals surface area contributed by atoms with Gasteiger partial charge in [0.1, 0.15) is 0 Å². The molecule has 0 bridgehead atoms. The molecule has 0 spiro atoms. The second-order valence-electron chi connectivity index (χ2n) is 3.70. The first-order valence-corrected chi connectivity index (χ1v) is 6.16. The van der Waals surface area contributed by atoms with E-state index in [0.29, 0.717) is 6.04 Å². The molecule has 1 aliphatic rings. The van der Waals surface area contributed by atoms with Gasteiger partial charge in [-0.2, -0.15) is 0 Å². The summed E-state index contributed by atoms with van der Waals surface area (Å²) in [6.07, 6.45) is 3.61. The Kier molecular flexibility index (Phi) is 3.98. The van der Waals surface area contributed by atoms with Gasteiger partial charge in [-0.3, -0.25) is 0 Å². The standard InChI is InChI=1S/C11H17NOS/c1-3-10(5-7-13-6-1)12-9-11-4-2-8-14-11/h2,4,8,10,12H,1,3,5-7,9H2/t10-/m1/s1. The lowest BCUT2D eigenvalue weighted by Crippen LogP contribution is -2.28. The molecule has 1 fully saturated rings. The lowest BCUT2D eigenvalue weighted by atomic mass is 10.1. The largest absolute Gasteiger partial charge is 0.381 e. The smallest absolute Gasteiger partial charge is 0.0480 e. The lowest BCUT2D eigenvalue weighted by Gasteiger charge is -2.14. The molecule has 2 rings (SSSR count). The van der Waals surface area contributed by atoms with E-state index in [1.165, 1.54) is 17.7 Å². The molecule has 1 N–H and O–H groups in total. The second kappa shape index (κ2) is 5.49. The predicted molar refractivity (Wildman–Crippen MR) is 59.6 cm³/mol. The summed E-state index contributed by atoms with van der Waals surface area (Å²) in [6.45, 7) is 2.88. The van der Waals surface area contributed by atoms with Crippen molar-refractivity contribution >= 4 is 11.3 Å². The maximum atomic E-state index is 5.42. The van der Waals surface area contributed by atoms with Crippen LogP contribution >= 0.6 is 11.3 Å². The molecule has 0 unspecified atom stereocenters. The third-order valence-electron chi connectivity index (χ3n) is 2.60. The van der Waals surface area contributed by atoms with Crippen molar-refractivity contribution in [2.75, 3.05) is 13.2 Å². The van der Waals surface area contributed by atoms with Crippen LogP contribution in [0.25, 0.3) is 0 Å². The van der Waals surface area contributed by atoms with E-state index >= 15 is 0 Å². The maximum Gasteiger partial charge on any atom is 0.0480 e. The van der Waals surface area contributed by atoms with E-state index in [1.54, 1.807) is 0 Å². The summed E-state index contributed by atoms with van der Waals surface area (Å²) in [6, 6.07) is 4.95. The van der Waals surface area contributed by atoms with Crippen molar-refractivity contribution in [2.24, 2.45) is 0 Å². The van der Waals surface area contributed by atoms with Crippen molar-refractivity contribution in [1.29, 1.82) is 0 Å². The zero-order valence-corrected chi connectivity index (χ0v) is 9.19. The molecule has 0 radical (unpaired) electrons. The van der Waals surface area contributed by atoms with Crippen LogP contribution in [0.3, 0.4) is 0 Å². The van der Waals surface area contributed by atoms with E-state index in [-0.39, 0.29) is 0 Å². The molecule has 0 aliphatic carbocycles. The van der Waals surface area contributed by atoms with Gasteiger partial charge in [0, 0.05) is 30.7 Å². The summed E-state index contributed by atoms with van der Waals surface area (Å²) >= 11 is 1.82. The highest BCUT2D eigenvalue weighted by atomic mass is 32.1. The monoisotopic (exact) mass is 211 g/mol. The summed E-state index contributed by atoms with van der Waals surface area (Å²) in [5.41, 5.74) is 0. The van der Waals surface area contributed by atoms with E-state index in [2.05, 4.69) is 22.8 Å². The van der Waals surface area contributed by atoms with Crippen molar-refractivity contribution in [1.82, 2.24) is 5.32 Å². The first-order chi connectivity index (χ1) is 6.95. The molecule has 2 nitrogen and oxygen atoms in total. The Balaban J connectivity index is 1.73. The highest BCUT2D eigenvalue weighted by molar-refractivity contribution is 7.09. The normalized spacial score (nSPS) is 23.3. The summed E-state index contributed by atoms with van der Waals surface area (Å²) < 4.78 is 5.42. The average molecular weight is 211 g/mol. The summed E-state index contributed by atoms with van der Waals surface area (Å²) in [5, 5.41) is 5.73. The van der Waals surface area contributed by atoms with Crippen molar-refractivity contribution in [3.05, 3.63) is 22.4 Å². The first-order valence-electron chi connectivity index (χ1n) is 5.28. The topological polar surface area (TPSA) is 21.3 Å². The number of ether oxygens (including phenoxy) is 1. The molecule has 0 aromatic carbocycles. The Morgan fingerprint density at radius 3 is 3.29 bits per heavy atom. The van der Waals surface area contributed by atoms with Crippen LogP contribution in [-0.2, 0) is 11.3 Å². The fourth-order valence-electron chi connectivity index (χ4n) is 1.77. The Bertz CT molecular complexity index is 240. The Morgan fingerprint density at radius 1 is 1.43 bits per heavy atom. The maximum absolute atomic E-state index is 5.42. The van der Waals surface area contributed by atoms with Crippen LogP contribution in [0, 0.1) is 0 Å². The summed E-state index contributed by atoms with van der Waals surface area (Å²) in [5.74, 6) is 0. The second-order valence-corrected chi connectivity index (χ2v) is 4.73. The highest BCUT2D eigenvalue weighted by Gasteiger charge is 2.11. The van der Waals surface area contributed by atoms with E-state index in [1.807, 2.05) is 11.3 Å². The van der Waals surface area contributed by atoms with Gasteiger partial charge >= 0.3 is 0 Å². The number of hydrogen-bond donors (Lipinski definition) is 1. The van der Waals surface area contributed by atoms with Gasteiger partial charge in [-0.25, -0.2) is 0 Å². The van der Waals surface area contributed by atoms with Gasteiger partial charge in [-0.15, -0.1) is 11.3 Å². The molecule has 2 heterocycles. The molecule has 0 saturated carbocycles. The van der Waals surface area contributed by atoms with E-state index in [9.17, 15) is 0 Å². The van der Waals surface area contributed by atoms with Gasteiger partial charge in [0.25, 0.3) is 0 Å². The van der Waals surface area contributed by atoms with Crippen LogP contribution in [0.1, 0.15) is 24.1 Å². The number of thiophene rings is 1. The summed E-state index contributed by atoms with van der Waals surface area (Å²) in [7, 11) is 0. The van der Waals surface area contributed by atoms with Crippen molar-refractivity contribution < 1.29 is 4.74 Å². The molecule has 1 aromatic heterocycles. The lowest BCUT2D eigenvalue weighted by molar-refractivity contribution is 0.142. The third-order valence-corrected chi connectivity index (χ3v) is 3.47. The number of hydrogen-bond acceptors (Lipinski definition) is 3. The minimum absolute atomic E-state index is 0.652. The molecule has 1 aromatic rings. The van der Waals surface area contributed by atoms with Crippen LogP contribution < -0.4 is 5.32 Å². The van der Waals surface area contributed by atoms with Crippen molar-refractivity contribution in [3.8, 4) is 0 Å². The minimum atomic E-state index is 0.652. The third kappa shape index (κ3) is 3.08. The van der Waals surface area contributed by atoms with Gasteiger partial charge in [-0.1, -0.05) is 6.07 Å². The predicted octanol–water partition coefficient (Wildman–Crippen LogP) is 2.41. The number of nitrogens with one attached hydrogen (secondary N) is 1. The molecule has 0 amide bonds. The zero-order valence-electron chi connectivity index (χ0n) is 8.37. The average Bonchev–Trinajstić information content (AvgIpc) is 2.58. The Morgan fingerprint density at radius 2 is 2.43 bits per heavy atom. The number of rotatable bonds is 3. The van der Waals surface area contributed by atoms with Gasteiger partial charge in [0.05, 0.1) is 0 Å². The zero-order chi connectivity index (χ0) is 9.64. The Hall–Kier alpha value is -0.380. The van der Waals surface area contributed by atoms with Gasteiger partial charge in [-0.05, 0) is 30.7 Å². The van der Waals surface area contributed by atoms with E-state index in [4.69, 9.17) is 4.74 Å². The fourth-order valence-corrected chi connectivity index (χ4v) is 2.42. The van der Waals surface area contributed by atoms with Gasteiger partial charge < -0.3 is 10.1 Å². The van der Waals surface area contributed by atoms with Gasteiger partial charge in [0.2, 0.25) is 0 Å². The molecule has 1 aliphatic heterocycles. The van der Waals surface area contributed by atoms with Crippen LogP contribution in [0.2, 0.25) is 0 Å². The minimum Gasteiger partial charge on any atom is -0.381 e. The molecule has 3 heteroatoms. The van der Waals surface area contributed by atoms with Crippen LogP contribution in [-0.4, -0.2) is 19.3 Å². The SMILES string of the molecule is c1csc(CN[C@@H]2CCCOCC2)c1. The molecule has 78 valence electrons. The fraction of sp³-hybridized carbons (Fsp3) is 0.636. The van der Waals surface area contributed by atoms with Crippen LogP contribution in [0.4, 0.5) is 0 Å². The van der Waals surface area contributed by atoms with E-state index < -0.39 is 0 Å². The molecular weight excluding hydrogens is 194 g/mol. The molecular formula is C11H17NOS.